The number of nitrogens with zero attached hydrogens (tertiary/aromatic N) is 1. The molecule has 7 heteroatoms. The molecule has 0 aromatic heterocycles. The summed E-state index contributed by atoms with van der Waals surface area (Å²) in [5.41, 5.74) is 0.461. The molecule has 2 amide bonds. The van der Waals surface area contributed by atoms with Crippen LogP contribution in [0.4, 0.5) is 5.69 Å². The third-order valence-corrected chi connectivity index (χ3v) is 5.17. The molecule has 1 aliphatic heterocycles. The first-order chi connectivity index (χ1) is 11.5. The maximum atomic E-state index is 12.6. The summed E-state index contributed by atoms with van der Waals surface area (Å²) >= 11 is 7.17. The van der Waals surface area contributed by atoms with E-state index in [1.807, 2.05) is 0 Å². The third kappa shape index (κ3) is 3.02. The summed E-state index contributed by atoms with van der Waals surface area (Å²) in [6, 6.07) is 13.0. The zero-order valence-corrected chi connectivity index (χ0v) is 13.9. The highest BCUT2D eigenvalue weighted by atomic mass is 35.5. The Morgan fingerprint density at radius 2 is 1.79 bits per heavy atom. The van der Waals surface area contributed by atoms with Gasteiger partial charge in [0.1, 0.15) is 0 Å². The maximum Gasteiger partial charge on any atom is 0.336 e. The molecular formula is C17H12ClNO4S. The Hall–Kier alpha value is -2.31. The van der Waals surface area contributed by atoms with Gasteiger partial charge in [0.05, 0.1) is 21.5 Å². The molecule has 3 rings (SSSR count). The first-order valence-corrected chi connectivity index (χ1v) is 8.35. The summed E-state index contributed by atoms with van der Waals surface area (Å²) in [6.07, 6.45) is 0.00266. The highest BCUT2D eigenvalue weighted by Gasteiger charge is 2.41. The number of aromatic carboxylic acids is 1. The fourth-order valence-electron chi connectivity index (χ4n) is 2.48. The number of anilines is 1. The number of para-hydroxylation sites is 1. The van der Waals surface area contributed by atoms with Crippen molar-refractivity contribution in [1.29, 1.82) is 0 Å². The third-order valence-electron chi connectivity index (χ3n) is 3.59. The molecule has 5 nitrogen and oxygen atoms in total. The number of carbonyl (C=O) groups is 3. The molecule has 1 atom stereocenters. The van der Waals surface area contributed by atoms with Crippen LogP contribution in [-0.4, -0.2) is 28.1 Å². The van der Waals surface area contributed by atoms with Crippen molar-refractivity contribution >= 4 is 46.8 Å². The van der Waals surface area contributed by atoms with Gasteiger partial charge in [-0.2, -0.15) is 0 Å². The van der Waals surface area contributed by atoms with Crippen molar-refractivity contribution in [2.24, 2.45) is 0 Å². The minimum Gasteiger partial charge on any atom is -0.478 e. The largest absolute Gasteiger partial charge is 0.478 e. The van der Waals surface area contributed by atoms with Crippen LogP contribution < -0.4 is 4.90 Å². The van der Waals surface area contributed by atoms with Crippen molar-refractivity contribution in [2.45, 2.75) is 16.6 Å². The number of thioether (sulfide) groups is 1. The molecule has 24 heavy (non-hydrogen) atoms. The molecule has 0 unspecified atom stereocenters. The first kappa shape index (κ1) is 16.5. The molecule has 1 saturated heterocycles. The highest BCUT2D eigenvalue weighted by Crippen LogP contribution is 2.37. The molecule has 0 radical (unpaired) electrons. The van der Waals surface area contributed by atoms with Gasteiger partial charge in [-0.3, -0.25) is 9.59 Å². The minimum absolute atomic E-state index is 0.00266. The summed E-state index contributed by atoms with van der Waals surface area (Å²) in [7, 11) is 0. The van der Waals surface area contributed by atoms with Crippen molar-refractivity contribution < 1.29 is 19.5 Å². The Bertz CT molecular complexity index is 839. The molecule has 1 fully saturated rings. The van der Waals surface area contributed by atoms with E-state index in [-0.39, 0.29) is 17.9 Å². The van der Waals surface area contributed by atoms with Crippen LogP contribution in [0.1, 0.15) is 16.8 Å². The standard InChI is InChI=1S/C17H12ClNO4S/c18-11-6-2-3-7-12(11)19-15(20)9-14(16(19)21)24-13-8-4-1-5-10(13)17(22)23/h1-8,14H,9H2,(H,22,23)/t14-/m0/s1. The average Bonchev–Trinajstić information content (AvgIpc) is 2.82. The van der Waals surface area contributed by atoms with Crippen molar-refractivity contribution in [3.63, 3.8) is 0 Å². The summed E-state index contributed by atoms with van der Waals surface area (Å²) in [5.74, 6) is -1.81. The Balaban J connectivity index is 1.88. The van der Waals surface area contributed by atoms with Gasteiger partial charge in [-0.25, -0.2) is 9.69 Å². The van der Waals surface area contributed by atoms with Gasteiger partial charge in [0, 0.05) is 11.3 Å². The summed E-state index contributed by atoms with van der Waals surface area (Å²) in [6.45, 7) is 0. The number of hydrogen-bond donors (Lipinski definition) is 1. The van der Waals surface area contributed by atoms with Gasteiger partial charge in [0.25, 0.3) is 0 Å². The Morgan fingerprint density at radius 3 is 2.50 bits per heavy atom. The van der Waals surface area contributed by atoms with E-state index in [1.165, 1.54) is 6.07 Å². The average molecular weight is 362 g/mol. The Kier molecular flexibility index (Phi) is 4.59. The number of amides is 2. The molecule has 1 aliphatic rings. The lowest BCUT2D eigenvalue weighted by Crippen LogP contribution is -2.31. The lowest BCUT2D eigenvalue weighted by atomic mass is 10.2. The van der Waals surface area contributed by atoms with Crippen LogP contribution in [0.3, 0.4) is 0 Å². The van der Waals surface area contributed by atoms with E-state index in [0.29, 0.717) is 15.6 Å². The van der Waals surface area contributed by atoms with E-state index in [4.69, 9.17) is 11.6 Å². The second kappa shape index (κ2) is 6.67. The number of carboxylic acid groups (broad SMARTS) is 1. The summed E-state index contributed by atoms with van der Waals surface area (Å²) in [4.78, 5) is 37.7. The SMILES string of the molecule is O=C(O)c1ccccc1S[C@H]1CC(=O)N(c2ccccc2Cl)C1=O. The molecule has 2 aromatic carbocycles. The van der Waals surface area contributed by atoms with Crippen LogP contribution in [0.15, 0.2) is 53.4 Å². The van der Waals surface area contributed by atoms with Gasteiger partial charge in [-0.15, -0.1) is 11.8 Å². The minimum atomic E-state index is -1.07. The fraction of sp³-hybridized carbons (Fsp3) is 0.118. The molecule has 2 aromatic rings. The predicted octanol–water partition coefficient (Wildman–Crippen LogP) is 3.46. The fourth-order valence-corrected chi connectivity index (χ4v) is 3.88. The van der Waals surface area contributed by atoms with Crippen LogP contribution in [0.5, 0.6) is 0 Å². The quantitative estimate of drug-likeness (QED) is 0.844. The van der Waals surface area contributed by atoms with Crippen LogP contribution in [0.25, 0.3) is 0 Å². The molecule has 1 heterocycles. The van der Waals surface area contributed by atoms with E-state index in [1.54, 1.807) is 42.5 Å². The van der Waals surface area contributed by atoms with E-state index < -0.39 is 17.1 Å². The number of carboxylic acids is 1. The van der Waals surface area contributed by atoms with E-state index >= 15 is 0 Å². The smallest absolute Gasteiger partial charge is 0.336 e. The van der Waals surface area contributed by atoms with Crippen molar-refractivity contribution in [2.75, 3.05) is 4.90 Å². The lowest BCUT2D eigenvalue weighted by molar-refractivity contribution is -0.121. The number of halogens is 1. The van der Waals surface area contributed by atoms with Crippen LogP contribution in [0.2, 0.25) is 5.02 Å². The first-order valence-electron chi connectivity index (χ1n) is 7.09. The van der Waals surface area contributed by atoms with Crippen LogP contribution >= 0.6 is 23.4 Å². The zero-order chi connectivity index (χ0) is 17.3. The second-order valence-electron chi connectivity index (χ2n) is 5.13. The van der Waals surface area contributed by atoms with Crippen molar-refractivity contribution in [1.82, 2.24) is 0 Å². The normalized spacial score (nSPS) is 17.4. The molecule has 0 aliphatic carbocycles. The van der Waals surface area contributed by atoms with Gasteiger partial charge < -0.3 is 5.11 Å². The van der Waals surface area contributed by atoms with Gasteiger partial charge in [-0.1, -0.05) is 35.9 Å². The van der Waals surface area contributed by atoms with Gasteiger partial charge >= 0.3 is 5.97 Å². The van der Waals surface area contributed by atoms with E-state index in [0.717, 1.165) is 16.7 Å². The van der Waals surface area contributed by atoms with E-state index in [2.05, 4.69) is 0 Å². The Morgan fingerprint density at radius 1 is 1.12 bits per heavy atom. The monoisotopic (exact) mass is 361 g/mol. The molecule has 0 spiro atoms. The van der Waals surface area contributed by atoms with Crippen LogP contribution in [-0.2, 0) is 9.59 Å². The van der Waals surface area contributed by atoms with Crippen LogP contribution in [0, 0.1) is 0 Å². The highest BCUT2D eigenvalue weighted by molar-refractivity contribution is 8.00. The van der Waals surface area contributed by atoms with Crippen molar-refractivity contribution in [3.8, 4) is 0 Å². The van der Waals surface area contributed by atoms with Crippen molar-refractivity contribution in [3.05, 3.63) is 59.1 Å². The number of benzene rings is 2. The zero-order valence-electron chi connectivity index (χ0n) is 12.3. The number of hydrogen-bond acceptors (Lipinski definition) is 4. The van der Waals surface area contributed by atoms with Gasteiger partial charge in [0.15, 0.2) is 0 Å². The number of rotatable bonds is 4. The molecule has 0 saturated carbocycles. The van der Waals surface area contributed by atoms with Gasteiger partial charge in [0.2, 0.25) is 11.8 Å². The summed E-state index contributed by atoms with van der Waals surface area (Å²) in [5, 5.41) is 8.87. The number of imide groups is 1. The summed E-state index contributed by atoms with van der Waals surface area (Å²) < 4.78 is 0. The molecule has 1 N–H and O–H groups in total. The van der Waals surface area contributed by atoms with E-state index in [9.17, 15) is 19.5 Å². The molecule has 122 valence electrons. The molecule has 0 bridgehead atoms. The predicted molar refractivity (Wildman–Crippen MR) is 91.6 cm³/mol. The second-order valence-corrected chi connectivity index (χ2v) is 6.78. The number of carbonyl (C=O) groups excluding carboxylic acids is 2. The lowest BCUT2D eigenvalue weighted by Gasteiger charge is -2.16. The maximum absolute atomic E-state index is 12.6. The molecular weight excluding hydrogens is 350 g/mol. The topological polar surface area (TPSA) is 74.7 Å². The van der Waals surface area contributed by atoms with Gasteiger partial charge in [-0.05, 0) is 24.3 Å². The Labute approximate surface area is 147 Å².